The molecule has 2 N–H and O–H groups in total. The number of hydrogen-bond acceptors (Lipinski definition) is 3. The lowest BCUT2D eigenvalue weighted by Crippen LogP contribution is -2.33. The van der Waals surface area contributed by atoms with E-state index in [1.165, 1.54) is 32.5 Å². The molecule has 0 saturated carbocycles. The van der Waals surface area contributed by atoms with E-state index in [-0.39, 0.29) is 37.2 Å². The number of hydrogen-bond donors (Lipinski definition) is 2. The first-order valence-corrected chi connectivity index (χ1v) is 5.01. The van der Waals surface area contributed by atoms with Crippen molar-refractivity contribution in [2.45, 2.75) is 12.8 Å². The van der Waals surface area contributed by atoms with Gasteiger partial charge in [0.1, 0.15) is 0 Å². The molecular weight excluding hydrogens is 256 g/mol. The lowest BCUT2D eigenvalue weighted by atomic mass is 10.4. The Kier molecular flexibility index (Phi) is 20.7. The van der Waals surface area contributed by atoms with Crippen LogP contribution in [0.2, 0.25) is 0 Å². The van der Waals surface area contributed by atoms with Crippen LogP contribution in [0, 0.1) is 0 Å². The maximum atomic E-state index is 3.41. The van der Waals surface area contributed by atoms with Crippen molar-refractivity contribution in [2.75, 3.05) is 46.3 Å². The minimum atomic E-state index is 0. The number of rotatable bonds is 6. The third-order valence-corrected chi connectivity index (χ3v) is 2.36. The Morgan fingerprint density at radius 3 is 2.07 bits per heavy atom. The Balaban J connectivity index is -0.000000480. The second-order valence-corrected chi connectivity index (χ2v) is 3.40. The first kappa shape index (κ1) is 21.1. The van der Waals surface area contributed by atoms with Gasteiger partial charge in [0.05, 0.1) is 0 Å². The highest BCUT2D eigenvalue weighted by Gasteiger charge is 2.09. The molecule has 1 rings (SSSR count). The summed E-state index contributed by atoms with van der Waals surface area (Å²) in [4.78, 5) is 2.53. The van der Waals surface area contributed by atoms with Gasteiger partial charge in [-0.1, -0.05) is 0 Å². The molecule has 0 unspecified atom stereocenters. The maximum Gasteiger partial charge on any atom is 0.0107 e. The first-order valence-electron chi connectivity index (χ1n) is 5.01. The molecule has 0 bridgehead atoms. The summed E-state index contributed by atoms with van der Waals surface area (Å²) in [5, 5.41) is 6.53. The van der Waals surface area contributed by atoms with Crippen molar-refractivity contribution in [3.8, 4) is 0 Å². The van der Waals surface area contributed by atoms with E-state index in [9.17, 15) is 0 Å². The predicted octanol–water partition coefficient (Wildman–Crippen LogP) is 1.16. The summed E-state index contributed by atoms with van der Waals surface area (Å²) < 4.78 is 0. The summed E-state index contributed by atoms with van der Waals surface area (Å²) in [7, 11) is 1.99. The molecule has 15 heavy (non-hydrogen) atoms. The van der Waals surface area contributed by atoms with Crippen molar-refractivity contribution in [1.82, 2.24) is 15.5 Å². The van der Waals surface area contributed by atoms with Crippen molar-refractivity contribution >= 4 is 37.2 Å². The second kappa shape index (κ2) is 14.8. The van der Waals surface area contributed by atoms with Gasteiger partial charge in [-0.3, -0.25) is 0 Å². The van der Waals surface area contributed by atoms with Crippen LogP contribution in [0.1, 0.15) is 12.8 Å². The van der Waals surface area contributed by atoms with E-state index in [1.54, 1.807) is 0 Å². The van der Waals surface area contributed by atoms with E-state index >= 15 is 0 Å². The zero-order valence-corrected chi connectivity index (χ0v) is 11.8. The quantitative estimate of drug-likeness (QED) is 0.715. The topological polar surface area (TPSA) is 27.3 Å². The summed E-state index contributed by atoms with van der Waals surface area (Å²) in [6.45, 7) is 7.15. The Labute approximate surface area is 112 Å². The van der Waals surface area contributed by atoms with E-state index in [4.69, 9.17) is 0 Å². The Bertz CT molecular complexity index is 111. The molecule has 0 spiro atoms. The van der Waals surface area contributed by atoms with Gasteiger partial charge in [0.2, 0.25) is 0 Å². The number of nitrogens with one attached hydrogen (secondary N) is 2. The standard InChI is InChI=1S/C9H21N3.3ClH/c1-10-4-5-11-6-9-12-7-2-3-8-12;;;/h10-11H,2-9H2,1H3;3*1H. The fraction of sp³-hybridized carbons (Fsp3) is 1.00. The lowest BCUT2D eigenvalue weighted by molar-refractivity contribution is 0.336. The molecule has 0 radical (unpaired) electrons. The van der Waals surface area contributed by atoms with Crippen LogP contribution in [0.25, 0.3) is 0 Å². The van der Waals surface area contributed by atoms with E-state index in [0.29, 0.717) is 0 Å². The molecule has 0 aliphatic carbocycles. The molecule has 0 amide bonds. The van der Waals surface area contributed by atoms with Crippen LogP contribution < -0.4 is 10.6 Å². The minimum absolute atomic E-state index is 0. The molecule has 6 heteroatoms. The number of nitrogens with zero attached hydrogens (tertiary/aromatic N) is 1. The molecule has 1 saturated heterocycles. The van der Waals surface area contributed by atoms with Crippen molar-refractivity contribution in [1.29, 1.82) is 0 Å². The van der Waals surface area contributed by atoms with Crippen LogP contribution in [-0.2, 0) is 0 Å². The lowest BCUT2D eigenvalue weighted by Gasteiger charge is -2.14. The molecule has 0 aromatic carbocycles. The Hall–Kier alpha value is 0.750. The predicted molar refractivity (Wildman–Crippen MR) is 74.2 cm³/mol. The zero-order valence-electron chi connectivity index (χ0n) is 9.33. The van der Waals surface area contributed by atoms with E-state index in [0.717, 1.165) is 19.6 Å². The monoisotopic (exact) mass is 279 g/mol. The van der Waals surface area contributed by atoms with E-state index in [2.05, 4.69) is 15.5 Å². The molecule has 1 heterocycles. The van der Waals surface area contributed by atoms with Crippen molar-refractivity contribution < 1.29 is 0 Å². The zero-order chi connectivity index (χ0) is 8.65. The van der Waals surface area contributed by atoms with Crippen molar-refractivity contribution in [2.24, 2.45) is 0 Å². The van der Waals surface area contributed by atoms with Gasteiger partial charge in [-0.15, -0.1) is 37.2 Å². The fourth-order valence-electron chi connectivity index (χ4n) is 1.58. The van der Waals surface area contributed by atoms with Crippen LogP contribution in [0.3, 0.4) is 0 Å². The highest BCUT2D eigenvalue weighted by atomic mass is 35.5. The average Bonchev–Trinajstić information content (AvgIpc) is 2.57. The van der Waals surface area contributed by atoms with Gasteiger partial charge in [0.15, 0.2) is 0 Å². The van der Waals surface area contributed by atoms with Crippen LogP contribution in [-0.4, -0.2) is 51.2 Å². The third kappa shape index (κ3) is 11.0. The van der Waals surface area contributed by atoms with Gasteiger partial charge in [-0.05, 0) is 33.0 Å². The average molecular weight is 281 g/mol. The molecular formula is C9H24Cl3N3. The normalized spacial score (nSPS) is 15.0. The number of likely N-dealkylation sites (tertiary alicyclic amines) is 1. The maximum absolute atomic E-state index is 3.41. The van der Waals surface area contributed by atoms with Crippen molar-refractivity contribution in [3.63, 3.8) is 0 Å². The van der Waals surface area contributed by atoms with Gasteiger partial charge in [-0.25, -0.2) is 0 Å². The summed E-state index contributed by atoms with van der Waals surface area (Å²) >= 11 is 0. The number of likely N-dealkylation sites (N-methyl/N-ethyl adjacent to an activating group) is 1. The SMILES string of the molecule is CNCCNCCN1CCCC1.Cl.Cl.Cl. The molecule has 0 atom stereocenters. The molecule has 3 nitrogen and oxygen atoms in total. The van der Waals surface area contributed by atoms with Gasteiger partial charge >= 0.3 is 0 Å². The molecule has 0 aromatic rings. The van der Waals surface area contributed by atoms with Crippen LogP contribution in [0.4, 0.5) is 0 Å². The van der Waals surface area contributed by atoms with Crippen LogP contribution in [0.5, 0.6) is 0 Å². The second-order valence-electron chi connectivity index (χ2n) is 3.40. The highest BCUT2D eigenvalue weighted by Crippen LogP contribution is 2.05. The van der Waals surface area contributed by atoms with Crippen LogP contribution in [0.15, 0.2) is 0 Å². The van der Waals surface area contributed by atoms with E-state index in [1.807, 2.05) is 7.05 Å². The Morgan fingerprint density at radius 1 is 0.933 bits per heavy atom. The van der Waals surface area contributed by atoms with Gasteiger partial charge < -0.3 is 15.5 Å². The molecule has 1 fully saturated rings. The fourth-order valence-corrected chi connectivity index (χ4v) is 1.58. The summed E-state index contributed by atoms with van der Waals surface area (Å²) in [5.74, 6) is 0. The summed E-state index contributed by atoms with van der Waals surface area (Å²) in [5.41, 5.74) is 0. The minimum Gasteiger partial charge on any atom is -0.318 e. The van der Waals surface area contributed by atoms with Gasteiger partial charge in [0, 0.05) is 26.2 Å². The van der Waals surface area contributed by atoms with Gasteiger partial charge in [-0.2, -0.15) is 0 Å². The van der Waals surface area contributed by atoms with Crippen molar-refractivity contribution in [3.05, 3.63) is 0 Å². The molecule has 0 aromatic heterocycles. The van der Waals surface area contributed by atoms with Crippen LogP contribution >= 0.6 is 37.2 Å². The largest absolute Gasteiger partial charge is 0.318 e. The van der Waals surface area contributed by atoms with E-state index < -0.39 is 0 Å². The summed E-state index contributed by atoms with van der Waals surface area (Å²) in [6, 6.07) is 0. The first-order chi connectivity index (χ1) is 5.93. The highest BCUT2D eigenvalue weighted by molar-refractivity contribution is 5.86. The molecule has 1 aliphatic heterocycles. The molecule has 1 aliphatic rings. The Morgan fingerprint density at radius 2 is 1.53 bits per heavy atom. The van der Waals surface area contributed by atoms with Gasteiger partial charge in [0.25, 0.3) is 0 Å². The number of halogens is 3. The summed E-state index contributed by atoms with van der Waals surface area (Å²) in [6.07, 6.45) is 2.80. The third-order valence-electron chi connectivity index (χ3n) is 2.36. The smallest absolute Gasteiger partial charge is 0.0107 e. The molecule has 96 valence electrons.